The molecule has 1 aromatic carbocycles. The van der Waals surface area contributed by atoms with Crippen molar-refractivity contribution in [1.29, 1.82) is 0 Å². The first-order valence-electron chi connectivity index (χ1n) is 10.3. The monoisotopic (exact) mass is 459 g/mol. The van der Waals surface area contributed by atoms with Gasteiger partial charge in [0.25, 0.3) is 0 Å². The minimum atomic E-state index is -3.81. The molecular formula is C20H25N7O4S. The van der Waals surface area contributed by atoms with Crippen LogP contribution in [-0.4, -0.2) is 45.9 Å². The molecule has 5 N–H and O–H groups in total. The van der Waals surface area contributed by atoms with Crippen LogP contribution in [0, 0.1) is 11.8 Å². The molecule has 1 saturated carbocycles. The largest absolute Gasteiger partial charge is 0.465 e. The first-order chi connectivity index (χ1) is 15.3. The Kier molecular flexibility index (Phi) is 6.24. The standard InChI is InChI=1S/C20H25N7O4S/c21-32(30,31)17-3-1-2-16(8-17)25-19-22-10-15-11-24-27(18(15)26-19)12-14-6-4-13(5-7-14)9-23-20(28)29/h1-3,8,10-11,13-14,23H,4-7,9,12H2,(H,28,29)(H2,21,30,31)(H,22,25,26). The number of hydrogen-bond donors (Lipinski definition) is 4. The molecule has 2 heterocycles. The molecule has 0 aliphatic heterocycles. The lowest BCUT2D eigenvalue weighted by molar-refractivity contribution is 0.186. The van der Waals surface area contributed by atoms with Gasteiger partial charge in [-0.05, 0) is 55.7 Å². The van der Waals surface area contributed by atoms with Gasteiger partial charge in [0.15, 0.2) is 5.65 Å². The number of carboxylic acid groups (broad SMARTS) is 1. The third kappa shape index (κ3) is 5.32. The fourth-order valence-corrected chi connectivity index (χ4v) is 4.59. The molecule has 0 bridgehead atoms. The Morgan fingerprint density at radius 2 is 1.94 bits per heavy atom. The predicted octanol–water partition coefficient (Wildman–Crippen LogP) is 2.29. The van der Waals surface area contributed by atoms with Crippen LogP contribution in [0.2, 0.25) is 0 Å². The zero-order valence-corrected chi connectivity index (χ0v) is 18.1. The highest BCUT2D eigenvalue weighted by Gasteiger charge is 2.23. The first-order valence-corrected chi connectivity index (χ1v) is 11.9. The molecule has 0 spiro atoms. The Balaban J connectivity index is 1.44. The second-order valence-electron chi connectivity index (χ2n) is 8.07. The van der Waals surface area contributed by atoms with Crippen LogP contribution >= 0.6 is 0 Å². The molecule has 0 radical (unpaired) electrons. The van der Waals surface area contributed by atoms with Gasteiger partial charge in [0, 0.05) is 25.0 Å². The molecule has 1 aliphatic rings. The summed E-state index contributed by atoms with van der Waals surface area (Å²) >= 11 is 0. The maximum Gasteiger partial charge on any atom is 0.404 e. The first kappa shape index (κ1) is 22.0. The number of hydrogen-bond acceptors (Lipinski definition) is 7. The van der Waals surface area contributed by atoms with Gasteiger partial charge < -0.3 is 15.7 Å². The molecule has 2 aromatic heterocycles. The van der Waals surface area contributed by atoms with Crippen LogP contribution < -0.4 is 15.8 Å². The maximum absolute atomic E-state index is 11.6. The van der Waals surface area contributed by atoms with Crippen molar-refractivity contribution in [3.05, 3.63) is 36.7 Å². The normalized spacial score (nSPS) is 19.0. The lowest BCUT2D eigenvalue weighted by Gasteiger charge is -2.28. The summed E-state index contributed by atoms with van der Waals surface area (Å²) < 4.78 is 25.0. The summed E-state index contributed by atoms with van der Waals surface area (Å²) in [6.07, 6.45) is 6.39. The van der Waals surface area contributed by atoms with Gasteiger partial charge >= 0.3 is 6.09 Å². The van der Waals surface area contributed by atoms with Crippen LogP contribution in [0.4, 0.5) is 16.4 Å². The Bertz CT molecular complexity index is 1220. The summed E-state index contributed by atoms with van der Waals surface area (Å²) in [6.45, 7) is 1.22. The second kappa shape index (κ2) is 9.09. The van der Waals surface area contributed by atoms with Crippen molar-refractivity contribution in [2.24, 2.45) is 17.0 Å². The molecule has 1 amide bonds. The molecule has 3 aromatic rings. The minimum Gasteiger partial charge on any atom is -0.465 e. The van der Waals surface area contributed by atoms with Crippen LogP contribution in [0.3, 0.4) is 0 Å². The van der Waals surface area contributed by atoms with E-state index in [1.165, 1.54) is 12.1 Å². The fourth-order valence-electron chi connectivity index (χ4n) is 4.03. The van der Waals surface area contributed by atoms with E-state index in [2.05, 4.69) is 25.7 Å². The highest BCUT2D eigenvalue weighted by atomic mass is 32.2. The van der Waals surface area contributed by atoms with Crippen LogP contribution in [0.5, 0.6) is 0 Å². The van der Waals surface area contributed by atoms with Crippen molar-refractivity contribution in [2.75, 3.05) is 11.9 Å². The van der Waals surface area contributed by atoms with Gasteiger partial charge in [0.2, 0.25) is 16.0 Å². The van der Waals surface area contributed by atoms with Crippen molar-refractivity contribution in [1.82, 2.24) is 25.1 Å². The lowest BCUT2D eigenvalue weighted by atomic mass is 9.82. The van der Waals surface area contributed by atoms with Gasteiger partial charge in [-0.25, -0.2) is 28.0 Å². The molecule has 11 nitrogen and oxygen atoms in total. The van der Waals surface area contributed by atoms with Crippen LogP contribution in [0.15, 0.2) is 41.6 Å². The summed E-state index contributed by atoms with van der Waals surface area (Å²) in [5, 5.41) is 24.7. The van der Waals surface area contributed by atoms with Gasteiger partial charge in [-0.3, -0.25) is 0 Å². The summed E-state index contributed by atoms with van der Waals surface area (Å²) in [5.41, 5.74) is 1.20. The van der Waals surface area contributed by atoms with Gasteiger partial charge in [-0.15, -0.1) is 0 Å². The molecular weight excluding hydrogens is 434 g/mol. The van der Waals surface area contributed by atoms with E-state index in [0.717, 1.165) is 37.6 Å². The molecule has 1 aliphatic carbocycles. The number of aromatic nitrogens is 4. The van der Waals surface area contributed by atoms with Crippen molar-refractivity contribution in [3.8, 4) is 0 Å². The molecule has 0 saturated heterocycles. The van der Waals surface area contributed by atoms with Crippen molar-refractivity contribution in [2.45, 2.75) is 37.1 Å². The number of fused-ring (bicyclic) bond motifs is 1. The van der Waals surface area contributed by atoms with E-state index in [9.17, 15) is 13.2 Å². The molecule has 1 fully saturated rings. The van der Waals surface area contributed by atoms with Crippen LogP contribution in [0.25, 0.3) is 11.0 Å². The van der Waals surface area contributed by atoms with E-state index in [1.54, 1.807) is 24.5 Å². The maximum atomic E-state index is 11.6. The number of nitrogens with two attached hydrogens (primary N) is 1. The average molecular weight is 460 g/mol. The van der Waals surface area contributed by atoms with Gasteiger partial charge in [0.1, 0.15) is 0 Å². The van der Waals surface area contributed by atoms with E-state index < -0.39 is 16.1 Å². The van der Waals surface area contributed by atoms with E-state index in [0.29, 0.717) is 35.7 Å². The lowest BCUT2D eigenvalue weighted by Crippen LogP contribution is -2.30. The molecule has 0 atom stereocenters. The minimum absolute atomic E-state index is 0.00257. The number of carbonyl (C=O) groups is 1. The molecule has 0 unspecified atom stereocenters. The van der Waals surface area contributed by atoms with Crippen molar-refractivity contribution >= 4 is 38.8 Å². The number of amides is 1. The average Bonchev–Trinajstić information content (AvgIpc) is 3.15. The highest BCUT2D eigenvalue weighted by Crippen LogP contribution is 2.30. The Morgan fingerprint density at radius 3 is 2.66 bits per heavy atom. The number of nitrogens with zero attached hydrogens (tertiary/aromatic N) is 4. The quantitative estimate of drug-likeness (QED) is 0.418. The van der Waals surface area contributed by atoms with E-state index >= 15 is 0 Å². The van der Waals surface area contributed by atoms with Crippen molar-refractivity contribution in [3.63, 3.8) is 0 Å². The summed E-state index contributed by atoms with van der Waals surface area (Å²) in [5.74, 6) is 1.15. The second-order valence-corrected chi connectivity index (χ2v) is 9.63. The van der Waals surface area contributed by atoms with E-state index in [-0.39, 0.29) is 4.90 Å². The van der Waals surface area contributed by atoms with Crippen molar-refractivity contribution < 1.29 is 18.3 Å². The topological polar surface area (TPSA) is 165 Å². The Hall–Kier alpha value is -3.25. The van der Waals surface area contributed by atoms with Gasteiger partial charge in [-0.2, -0.15) is 10.1 Å². The fraction of sp³-hybridized carbons (Fsp3) is 0.400. The number of benzene rings is 1. The van der Waals surface area contributed by atoms with Gasteiger partial charge in [0.05, 0.1) is 16.5 Å². The van der Waals surface area contributed by atoms with E-state index in [1.807, 2.05) is 4.68 Å². The number of sulfonamides is 1. The summed E-state index contributed by atoms with van der Waals surface area (Å²) in [6, 6.07) is 6.15. The Labute approximate surface area is 185 Å². The smallest absolute Gasteiger partial charge is 0.404 e. The third-order valence-corrected chi connectivity index (χ3v) is 6.65. The zero-order chi connectivity index (χ0) is 22.7. The van der Waals surface area contributed by atoms with Crippen LogP contribution in [-0.2, 0) is 16.6 Å². The summed E-state index contributed by atoms with van der Waals surface area (Å²) in [7, 11) is -3.81. The highest BCUT2D eigenvalue weighted by molar-refractivity contribution is 7.89. The summed E-state index contributed by atoms with van der Waals surface area (Å²) in [4.78, 5) is 19.5. The van der Waals surface area contributed by atoms with E-state index in [4.69, 9.17) is 10.2 Å². The van der Waals surface area contributed by atoms with Crippen LogP contribution in [0.1, 0.15) is 25.7 Å². The number of primary sulfonamides is 1. The molecule has 4 rings (SSSR count). The Morgan fingerprint density at radius 1 is 1.19 bits per heavy atom. The predicted molar refractivity (Wildman–Crippen MR) is 118 cm³/mol. The SMILES string of the molecule is NS(=O)(=O)c1cccc(Nc2ncc3cnn(CC4CCC(CNC(=O)O)CC4)c3n2)c1. The molecule has 32 heavy (non-hydrogen) atoms. The number of rotatable bonds is 7. The molecule has 170 valence electrons. The zero-order valence-electron chi connectivity index (χ0n) is 17.3. The third-order valence-electron chi connectivity index (χ3n) is 5.73. The molecule has 12 heteroatoms. The number of anilines is 2. The number of nitrogens with one attached hydrogen (secondary N) is 2. The van der Waals surface area contributed by atoms with Gasteiger partial charge in [-0.1, -0.05) is 6.07 Å².